The maximum absolute atomic E-state index is 11.9. The molecule has 0 spiro atoms. The number of benzene rings is 2. The van der Waals surface area contributed by atoms with Crippen molar-refractivity contribution in [2.45, 2.75) is 26.4 Å². The van der Waals surface area contributed by atoms with Gasteiger partial charge in [-0.05, 0) is 62.2 Å². The Hall–Kier alpha value is -1.91. The van der Waals surface area contributed by atoms with Crippen LogP contribution in [0.4, 0.5) is 10.5 Å². The lowest BCUT2D eigenvalue weighted by molar-refractivity contribution is 0.242. The Labute approximate surface area is 152 Å². The molecule has 0 aliphatic heterocycles. The number of hydrogen-bond donors (Lipinski definition) is 2. The van der Waals surface area contributed by atoms with E-state index in [1.54, 1.807) is 24.3 Å². The number of carbonyl (C=O) groups is 1. The van der Waals surface area contributed by atoms with Gasteiger partial charge in [0.15, 0.2) is 0 Å². The number of halogens is 2. The summed E-state index contributed by atoms with van der Waals surface area (Å²) in [5.74, 6) is 0.772. The van der Waals surface area contributed by atoms with Crippen molar-refractivity contribution in [1.29, 1.82) is 0 Å². The number of carbonyl (C=O) groups excluding carboxylic acids is 1. The van der Waals surface area contributed by atoms with Crippen molar-refractivity contribution in [2.24, 2.45) is 0 Å². The van der Waals surface area contributed by atoms with Crippen molar-refractivity contribution in [2.75, 3.05) is 11.9 Å². The molecule has 128 valence electrons. The van der Waals surface area contributed by atoms with Crippen LogP contribution in [0.15, 0.2) is 42.5 Å². The van der Waals surface area contributed by atoms with Crippen LogP contribution in [0.1, 0.15) is 19.4 Å². The van der Waals surface area contributed by atoms with Crippen LogP contribution in [0.3, 0.4) is 0 Å². The summed E-state index contributed by atoms with van der Waals surface area (Å²) in [6.45, 7) is 4.40. The fourth-order valence-electron chi connectivity index (χ4n) is 2.10. The van der Waals surface area contributed by atoms with Crippen molar-refractivity contribution in [3.8, 4) is 5.75 Å². The van der Waals surface area contributed by atoms with E-state index in [2.05, 4.69) is 10.6 Å². The average Bonchev–Trinajstić information content (AvgIpc) is 2.51. The highest BCUT2D eigenvalue weighted by molar-refractivity contribution is 6.35. The fraction of sp³-hybridized carbons (Fsp3) is 0.278. The zero-order valence-corrected chi connectivity index (χ0v) is 15.1. The van der Waals surface area contributed by atoms with E-state index in [0.29, 0.717) is 28.7 Å². The van der Waals surface area contributed by atoms with Gasteiger partial charge in [-0.3, -0.25) is 0 Å². The Morgan fingerprint density at radius 2 is 1.83 bits per heavy atom. The normalized spacial score (nSPS) is 10.5. The molecule has 4 nitrogen and oxygen atoms in total. The van der Waals surface area contributed by atoms with Crippen LogP contribution in [0.5, 0.6) is 5.75 Å². The van der Waals surface area contributed by atoms with Crippen molar-refractivity contribution >= 4 is 34.9 Å². The van der Waals surface area contributed by atoms with E-state index in [1.165, 1.54) is 0 Å². The predicted molar refractivity (Wildman–Crippen MR) is 99.4 cm³/mol. The molecular formula is C18H20Cl2N2O2. The molecule has 0 heterocycles. The molecule has 2 N–H and O–H groups in total. The molecule has 6 heteroatoms. The maximum atomic E-state index is 11.9. The number of nitrogens with one attached hydrogen (secondary N) is 2. The first-order valence-corrected chi connectivity index (χ1v) is 8.45. The lowest BCUT2D eigenvalue weighted by Gasteiger charge is -2.11. The summed E-state index contributed by atoms with van der Waals surface area (Å²) in [5, 5.41) is 6.77. The molecule has 2 rings (SSSR count). The Morgan fingerprint density at radius 3 is 2.46 bits per heavy atom. The second-order valence-corrected chi connectivity index (χ2v) is 6.40. The average molecular weight is 367 g/mol. The highest BCUT2D eigenvalue weighted by atomic mass is 35.5. The van der Waals surface area contributed by atoms with Gasteiger partial charge in [0.1, 0.15) is 5.75 Å². The van der Waals surface area contributed by atoms with E-state index in [4.69, 9.17) is 27.9 Å². The number of amides is 2. The molecule has 0 aromatic heterocycles. The van der Waals surface area contributed by atoms with Gasteiger partial charge >= 0.3 is 6.03 Å². The zero-order valence-electron chi connectivity index (χ0n) is 13.6. The Kier molecular flexibility index (Phi) is 6.76. The molecule has 2 aromatic carbocycles. The van der Waals surface area contributed by atoms with Crippen LogP contribution < -0.4 is 15.4 Å². The number of hydrogen-bond acceptors (Lipinski definition) is 2. The molecule has 2 aromatic rings. The second kappa shape index (κ2) is 8.81. The lowest BCUT2D eigenvalue weighted by Crippen LogP contribution is -2.30. The van der Waals surface area contributed by atoms with Gasteiger partial charge in [0.25, 0.3) is 0 Å². The Bertz CT molecular complexity index is 688. The van der Waals surface area contributed by atoms with Crippen molar-refractivity contribution in [3.05, 3.63) is 58.1 Å². The topological polar surface area (TPSA) is 50.4 Å². The molecule has 0 saturated carbocycles. The Morgan fingerprint density at radius 1 is 1.12 bits per heavy atom. The molecule has 0 aliphatic rings. The molecule has 0 bridgehead atoms. The van der Waals surface area contributed by atoms with E-state index >= 15 is 0 Å². The minimum absolute atomic E-state index is 0.117. The first kappa shape index (κ1) is 18.4. The van der Waals surface area contributed by atoms with Gasteiger partial charge < -0.3 is 15.4 Å². The van der Waals surface area contributed by atoms with Crippen LogP contribution in [0.25, 0.3) is 0 Å². The van der Waals surface area contributed by atoms with Crippen LogP contribution >= 0.6 is 23.2 Å². The fourth-order valence-corrected chi connectivity index (χ4v) is 2.60. The van der Waals surface area contributed by atoms with Gasteiger partial charge in [-0.1, -0.05) is 29.3 Å². The maximum Gasteiger partial charge on any atom is 0.319 e. The summed E-state index contributed by atoms with van der Waals surface area (Å²) in [5.41, 5.74) is 1.64. The monoisotopic (exact) mass is 366 g/mol. The van der Waals surface area contributed by atoms with Crippen molar-refractivity contribution in [1.82, 2.24) is 5.32 Å². The van der Waals surface area contributed by atoms with E-state index in [-0.39, 0.29) is 12.1 Å². The summed E-state index contributed by atoms with van der Waals surface area (Å²) in [7, 11) is 0. The first-order valence-electron chi connectivity index (χ1n) is 7.69. The van der Waals surface area contributed by atoms with Crippen molar-refractivity contribution < 1.29 is 9.53 Å². The van der Waals surface area contributed by atoms with Crippen LogP contribution in [0.2, 0.25) is 10.0 Å². The number of rotatable bonds is 6. The van der Waals surface area contributed by atoms with Gasteiger partial charge in [0, 0.05) is 22.3 Å². The van der Waals surface area contributed by atoms with E-state index in [9.17, 15) is 4.79 Å². The highest BCUT2D eigenvalue weighted by Gasteiger charge is 2.05. The number of anilines is 1. The number of urea groups is 1. The minimum Gasteiger partial charge on any atom is -0.491 e. The quantitative estimate of drug-likeness (QED) is 0.742. The largest absolute Gasteiger partial charge is 0.491 e. The molecule has 0 atom stereocenters. The molecule has 0 radical (unpaired) electrons. The molecule has 24 heavy (non-hydrogen) atoms. The summed E-state index contributed by atoms with van der Waals surface area (Å²) < 4.78 is 5.56. The van der Waals surface area contributed by atoms with Gasteiger partial charge in [0.05, 0.1) is 6.10 Å². The van der Waals surface area contributed by atoms with Crippen LogP contribution in [-0.2, 0) is 6.42 Å². The summed E-state index contributed by atoms with van der Waals surface area (Å²) in [6.07, 6.45) is 0.747. The first-order chi connectivity index (χ1) is 11.4. The minimum atomic E-state index is -0.266. The molecule has 0 aliphatic carbocycles. The van der Waals surface area contributed by atoms with Crippen LogP contribution in [-0.4, -0.2) is 18.7 Å². The third-order valence-corrected chi connectivity index (χ3v) is 3.77. The molecule has 2 amide bonds. The molecule has 0 saturated heterocycles. The van der Waals surface area contributed by atoms with E-state index in [1.807, 2.05) is 32.0 Å². The summed E-state index contributed by atoms with van der Waals surface area (Å²) >= 11 is 12.0. The Balaban J connectivity index is 1.78. The van der Waals surface area contributed by atoms with Gasteiger partial charge in [-0.25, -0.2) is 4.79 Å². The third kappa shape index (κ3) is 5.95. The summed E-state index contributed by atoms with van der Waals surface area (Å²) in [4.78, 5) is 11.9. The summed E-state index contributed by atoms with van der Waals surface area (Å²) in [6, 6.07) is 12.3. The number of ether oxygens (including phenoxy) is 1. The SMILES string of the molecule is CC(C)Oc1ccc(NC(=O)NCCc2ccc(Cl)cc2Cl)cc1. The third-order valence-electron chi connectivity index (χ3n) is 3.18. The van der Waals surface area contributed by atoms with Crippen molar-refractivity contribution in [3.63, 3.8) is 0 Å². The smallest absolute Gasteiger partial charge is 0.319 e. The standard InChI is InChI=1S/C18H20Cl2N2O2/c1-12(2)24-16-7-5-15(6-8-16)22-18(23)21-10-9-13-3-4-14(19)11-17(13)20/h3-8,11-12H,9-10H2,1-2H3,(H2,21,22,23). The molecular weight excluding hydrogens is 347 g/mol. The van der Waals surface area contributed by atoms with Gasteiger partial charge in [-0.15, -0.1) is 0 Å². The zero-order chi connectivity index (χ0) is 17.5. The van der Waals surface area contributed by atoms with Gasteiger partial charge in [0.2, 0.25) is 0 Å². The second-order valence-electron chi connectivity index (χ2n) is 5.56. The molecule has 0 unspecified atom stereocenters. The lowest BCUT2D eigenvalue weighted by atomic mass is 10.1. The van der Waals surface area contributed by atoms with Gasteiger partial charge in [-0.2, -0.15) is 0 Å². The molecule has 0 fully saturated rings. The van der Waals surface area contributed by atoms with Crippen LogP contribution in [0, 0.1) is 0 Å². The van der Waals surface area contributed by atoms with E-state index in [0.717, 1.165) is 11.3 Å². The highest BCUT2D eigenvalue weighted by Crippen LogP contribution is 2.21. The predicted octanol–water partition coefficient (Wildman–Crippen LogP) is 5.14. The van der Waals surface area contributed by atoms with E-state index < -0.39 is 0 Å².